The fraction of sp³-hybridized carbons (Fsp3) is 0.316. The Bertz CT molecular complexity index is 908. The molecule has 1 aromatic heterocycles. The van der Waals surface area contributed by atoms with Gasteiger partial charge in [0.25, 0.3) is 0 Å². The molecule has 0 saturated carbocycles. The number of aliphatic imine (C=N–C) groups is 1. The van der Waals surface area contributed by atoms with E-state index in [9.17, 15) is 23.1 Å². The average Bonchev–Trinajstić information content (AvgIpc) is 2.61. The quantitative estimate of drug-likeness (QED) is 0.699. The molecule has 1 aliphatic rings. The van der Waals surface area contributed by atoms with Crippen LogP contribution in [-0.2, 0) is 11.0 Å². The Morgan fingerprint density at radius 2 is 2.11 bits per heavy atom. The van der Waals surface area contributed by atoms with Gasteiger partial charge in [-0.25, -0.2) is 4.98 Å². The number of pyridine rings is 1. The molecule has 28 heavy (non-hydrogen) atoms. The Labute approximate surface area is 159 Å². The van der Waals surface area contributed by atoms with Crippen LogP contribution in [0, 0.1) is 6.92 Å². The summed E-state index contributed by atoms with van der Waals surface area (Å²) in [4.78, 5) is 19.8. The van der Waals surface area contributed by atoms with Gasteiger partial charge in [0.05, 0.1) is 17.3 Å². The second kappa shape index (κ2) is 7.49. The van der Waals surface area contributed by atoms with E-state index in [4.69, 9.17) is 5.73 Å². The largest absolute Gasteiger partial charge is 0.507 e. The first-order chi connectivity index (χ1) is 13.1. The van der Waals surface area contributed by atoms with Crippen molar-refractivity contribution in [2.75, 3.05) is 12.3 Å². The number of piperidine rings is 1. The predicted molar refractivity (Wildman–Crippen MR) is 99.1 cm³/mol. The van der Waals surface area contributed by atoms with Gasteiger partial charge < -0.3 is 16.2 Å². The number of nitrogen functional groups attached to an aromatic ring is 1. The van der Waals surface area contributed by atoms with Gasteiger partial charge in [-0.2, -0.15) is 13.2 Å². The molecular weight excluding hydrogens is 373 g/mol. The topological polar surface area (TPSA) is 101 Å². The Kier molecular flexibility index (Phi) is 5.26. The third-order valence-electron chi connectivity index (χ3n) is 4.52. The molecule has 0 spiro atoms. The molecule has 6 nitrogen and oxygen atoms in total. The van der Waals surface area contributed by atoms with Crippen molar-refractivity contribution in [2.45, 2.75) is 32.0 Å². The van der Waals surface area contributed by atoms with Crippen LogP contribution in [0.3, 0.4) is 0 Å². The van der Waals surface area contributed by atoms with Crippen molar-refractivity contribution < 1.29 is 23.1 Å². The molecule has 1 fully saturated rings. The predicted octanol–water partition coefficient (Wildman–Crippen LogP) is 3.06. The van der Waals surface area contributed by atoms with Crippen molar-refractivity contribution in [1.82, 2.24) is 10.3 Å². The summed E-state index contributed by atoms with van der Waals surface area (Å²) in [6.45, 7) is 1.92. The Morgan fingerprint density at radius 1 is 1.36 bits per heavy atom. The van der Waals surface area contributed by atoms with Gasteiger partial charge in [-0.05, 0) is 43.2 Å². The van der Waals surface area contributed by atoms with Crippen LogP contribution in [0.4, 0.5) is 19.0 Å². The molecule has 1 atom stereocenters. The highest BCUT2D eigenvalue weighted by Gasteiger charge is 2.32. The van der Waals surface area contributed by atoms with Crippen LogP contribution < -0.4 is 11.1 Å². The Morgan fingerprint density at radius 3 is 2.68 bits per heavy atom. The highest BCUT2D eigenvalue weighted by atomic mass is 19.4. The van der Waals surface area contributed by atoms with Crippen molar-refractivity contribution in [2.24, 2.45) is 4.99 Å². The molecule has 9 heteroatoms. The van der Waals surface area contributed by atoms with E-state index < -0.39 is 17.5 Å². The lowest BCUT2D eigenvalue weighted by Crippen LogP contribution is -2.37. The van der Waals surface area contributed by atoms with Crippen molar-refractivity contribution in [1.29, 1.82) is 0 Å². The van der Waals surface area contributed by atoms with E-state index >= 15 is 0 Å². The summed E-state index contributed by atoms with van der Waals surface area (Å²) >= 11 is 0. The molecule has 0 aliphatic carbocycles. The highest BCUT2D eigenvalue weighted by molar-refractivity contribution is 5.87. The van der Waals surface area contributed by atoms with E-state index in [2.05, 4.69) is 15.3 Å². The molecule has 1 aromatic carbocycles. The van der Waals surface area contributed by atoms with Crippen molar-refractivity contribution in [3.8, 4) is 17.0 Å². The number of anilines is 1. The highest BCUT2D eigenvalue weighted by Crippen LogP contribution is 2.38. The number of hydrogen-bond donors (Lipinski definition) is 3. The van der Waals surface area contributed by atoms with Crippen LogP contribution in [-0.4, -0.2) is 34.8 Å². The summed E-state index contributed by atoms with van der Waals surface area (Å²) in [7, 11) is 0. The van der Waals surface area contributed by atoms with Crippen LogP contribution in [0.15, 0.2) is 29.3 Å². The van der Waals surface area contributed by atoms with Gasteiger partial charge >= 0.3 is 6.18 Å². The number of hydrogen-bond acceptors (Lipinski definition) is 5. The SMILES string of the molecule is Cc1cc(C(F)(F)F)cc(O)c1-c1ccc(C=N[C@H]2CCC(=O)NC2)c(N)n1. The summed E-state index contributed by atoms with van der Waals surface area (Å²) in [6, 6.07) is 4.79. The molecule has 0 radical (unpaired) electrons. The molecule has 2 aromatic rings. The number of nitrogens with one attached hydrogen (secondary N) is 1. The number of rotatable bonds is 3. The molecule has 3 rings (SSSR count). The number of nitrogens with zero attached hydrogens (tertiary/aromatic N) is 2. The number of carbonyl (C=O) groups is 1. The number of alkyl halides is 3. The Balaban J connectivity index is 1.85. The third-order valence-corrected chi connectivity index (χ3v) is 4.52. The smallest absolute Gasteiger partial charge is 0.416 e. The monoisotopic (exact) mass is 392 g/mol. The van der Waals surface area contributed by atoms with Crippen LogP contribution in [0.5, 0.6) is 5.75 Å². The van der Waals surface area contributed by atoms with Gasteiger partial charge in [-0.15, -0.1) is 0 Å². The zero-order chi connectivity index (χ0) is 20.5. The number of aromatic hydroxyl groups is 1. The first-order valence-corrected chi connectivity index (χ1v) is 8.62. The zero-order valence-corrected chi connectivity index (χ0v) is 15.0. The standard InChI is InChI=1S/C19H19F3N4O2/c1-10-6-12(19(20,21)22)7-15(27)17(10)14-4-2-11(18(23)26-14)8-24-13-3-5-16(28)25-9-13/h2,4,6-8,13,27H,3,5,9H2,1H3,(H2,23,26)(H,25,28)/t13-/m0/s1. The molecule has 0 unspecified atom stereocenters. The van der Waals surface area contributed by atoms with Crippen molar-refractivity contribution in [3.05, 3.63) is 41.0 Å². The number of benzene rings is 1. The van der Waals surface area contributed by atoms with Gasteiger partial charge in [0.15, 0.2) is 0 Å². The molecule has 1 aliphatic heterocycles. The van der Waals surface area contributed by atoms with Crippen molar-refractivity contribution in [3.63, 3.8) is 0 Å². The molecule has 2 heterocycles. The fourth-order valence-electron chi connectivity index (χ4n) is 3.03. The molecule has 4 N–H and O–H groups in total. The van der Waals surface area contributed by atoms with Crippen LogP contribution >= 0.6 is 0 Å². The number of halogens is 3. The summed E-state index contributed by atoms with van der Waals surface area (Å²) in [5, 5.41) is 12.8. The molecule has 148 valence electrons. The van der Waals surface area contributed by atoms with Crippen molar-refractivity contribution >= 4 is 17.9 Å². The minimum atomic E-state index is -4.55. The van der Waals surface area contributed by atoms with E-state index in [1.165, 1.54) is 6.92 Å². The number of aryl methyl sites for hydroxylation is 1. The fourth-order valence-corrected chi connectivity index (χ4v) is 3.03. The number of phenolic OH excluding ortho intramolecular Hbond substituents is 1. The van der Waals surface area contributed by atoms with E-state index in [-0.39, 0.29) is 34.6 Å². The maximum atomic E-state index is 12.9. The summed E-state index contributed by atoms with van der Waals surface area (Å²) in [6.07, 6.45) is -1.92. The van der Waals surface area contributed by atoms with E-state index in [1.54, 1.807) is 18.3 Å². The lowest BCUT2D eigenvalue weighted by molar-refractivity contribution is -0.137. The first kappa shape index (κ1) is 19.7. The summed E-state index contributed by atoms with van der Waals surface area (Å²) < 4.78 is 38.6. The maximum absolute atomic E-state index is 12.9. The number of carbonyl (C=O) groups excluding carboxylic acids is 1. The minimum absolute atomic E-state index is 0.00343. The number of phenols is 1. The first-order valence-electron chi connectivity index (χ1n) is 8.62. The molecular formula is C19H19F3N4O2. The lowest BCUT2D eigenvalue weighted by Gasteiger charge is -2.18. The van der Waals surface area contributed by atoms with E-state index in [0.717, 1.165) is 6.07 Å². The van der Waals surface area contributed by atoms with Gasteiger partial charge in [0.2, 0.25) is 5.91 Å². The van der Waals surface area contributed by atoms with Gasteiger partial charge in [-0.3, -0.25) is 9.79 Å². The normalized spacial score (nSPS) is 17.7. The second-order valence-electron chi connectivity index (χ2n) is 6.63. The van der Waals surface area contributed by atoms with E-state index in [0.29, 0.717) is 31.0 Å². The minimum Gasteiger partial charge on any atom is -0.507 e. The van der Waals surface area contributed by atoms with E-state index in [1.807, 2.05) is 0 Å². The number of aromatic nitrogens is 1. The van der Waals surface area contributed by atoms with Gasteiger partial charge in [0.1, 0.15) is 11.6 Å². The average molecular weight is 392 g/mol. The van der Waals surface area contributed by atoms with Gasteiger partial charge in [-0.1, -0.05) is 0 Å². The van der Waals surface area contributed by atoms with Crippen LogP contribution in [0.1, 0.15) is 29.5 Å². The second-order valence-corrected chi connectivity index (χ2v) is 6.63. The maximum Gasteiger partial charge on any atom is 0.416 e. The Hall–Kier alpha value is -3.10. The third kappa shape index (κ3) is 4.24. The molecule has 1 amide bonds. The molecule has 0 bridgehead atoms. The number of amides is 1. The van der Waals surface area contributed by atoms with Crippen LogP contribution in [0.2, 0.25) is 0 Å². The van der Waals surface area contributed by atoms with Gasteiger partial charge in [0, 0.05) is 30.3 Å². The summed E-state index contributed by atoms with van der Waals surface area (Å²) in [5.74, 6) is -0.373. The lowest BCUT2D eigenvalue weighted by atomic mass is 10.00. The summed E-state index contributed by atoms with van der Waals surface area (Å²) in [5.41, 5.74) is 6.27. The number of nitrogens with two attached hydrogens (primary N) is 1. The zero-order valence-electron chi connectivity index (χ0n) is 15.0. The van der Waals surface area contributed by atoms with Crippen LogP contribution in [0.25, 0.3) is 11.3 Å². The molecule has 1 saturated heterocycles.